The summed E-state index contributed by atoms with van der Waals surface area (Å²) in [6.07, 6.45) is 7.74. The highest BCUT2D eigenvalue weighted by molar-refractivity contribution is 5.93. The first-order valence-electron chi connectivity index (χ1n) is 23.4. The largest absolute Gasteiger partial charge is 0.493 e. The first-order chi connectivity index (χ1) is 35.4. The summed E-state index contributed by atoms with van der Waals surface area (Å²) in [7, 11) is 12.3. The van der Waals surface area contributed by atoms with Gasteiger partial charge in [-0.3, -0.25) is 4.90 Å². The van der Waals surface area contributed by atoms with Gasteiger partial charge in [0.1, 0.15) is 24.9 Å². The molecule has 74 heavy (non-hydrogen) atoms. The van der Waals surface area contributed by atoms with Crippen molar-refractivity contribution in [2.24, 2.45) is 0 Å². The summed E-state index contributed by atoms with van der Waals surface area (Å²) in [5.41, 5.74) is 6.28. The van der Waals surface area contributed by atoms with Crippen LogP contribution in [0.15, 0.2) is 82.0 Å². The molecule has 0 aliphatic heterocycles. The van der Waals surface area contributed by atoms with E-state index >= 15 is 0 Å². The Kier molecular flexibility index (Phi) is 20.7. The smallest absolute Gasteiger partial charge is 0.339 e. The molecule has 1 atom stereocenters. The minimum Gasteiger partial charge on any atom is -0.493 e. The van der Waals surface area contributed by atoms with Crippen LogP contribution in [0.1, 0.15) is 44.5 Å². The van der Waals surface area contributed by atoms with Crippen LogP contribution in [0, 0.1) is 27.7 Å². The fourth-order valence-corrected chi connectivity index (χ4v) is 7.78. The number of methoxy groups -OCH3 is 6. The number of esters is 3. The lowest BCUT2D eigenvalue weighted by Crippen LogP contribution is -2.37. The number of aryl methyl sites for hydroxylation is 3. The number of amides is 2. The Labute approximate surface area is 431 Å². The SMILES string of the molecule is COc1cc(/C=C/C(=O)OCCN(C)CC(Cc2c(C)c3ccc(NC(=O)N(C)CCOC(=O)/C=C/c4cc(C)c(C)c(C)c4)cc3oc2=O)OC(=O)/C=C/c2cc(OC)c(OC)c(OC)c2)cc(OC)c1OC. The van der Waals surface area contributed by atoms with Gasteiger partial charge in [-0.1, -0.05) is 12.1 Å². The molecule has 1 heterocycles. The molecule has 0 aliphatic rings. The van der Waals surface area contributed by atoms with Gasteiger partial charge in [-0.2, -0.15) is 0 Å². The van der Waals surface area contributed by atoms with Gasteiger partial charge in [0.05, 0.1) is 49.2 Å². The molecule has 5 rings (SSSR count). The maximum Gasteiger partial charge on any atom is 0.339 e. The average Bonchev–Trinajstić information content (AvgIpc) is 3.38. The van der Waals surface area contributed by atoms with E-state index in [-0.39, 0.29) is 50.4 Å². The molecule has 5 aromatic rings. The number of benzene rings is 4. The minimum absolute atomic E-state index is 0.0119. The van der Waals surface area contributed by atoms with E-state index < -0.39 is 35.7 Å². The topological polar surface area (TPSA) is 200 Å². The molecule has 0 aliphatic carbocycles. The number of urea groups is 1. The lowest BCUT2D eigenvalue weighted by atomic mass is 10.0. The van der Waals surface area contributed by atoms with Crippen LogP contribution in [0.5, 0.6) is 34.5 Å². The second-order valence-corrected chi connectivity index (χ2v) is 17.1. The van der Waals surface area contributed by atoms with Crippen molar-refractivity contribution in [2.75, 3.05) is 94.9 Å². The summed E-state index contributed by atoms with van der Waals surface area (Å²) < 4.78 is 55.1. The molecular weight excluding hydrogens is 955 g/mol. The third kappa shape index (κ3) is 15.4. The van der Waals surface area contributed by atoms with Gasteiger partial charge in [0.2, 0.25) is 11.5 Å². The van der Waals surface area contributed by atoms with Gasteiger partial charge in [0, 0.05) is 67.5 Å². The molecule has 2 amide bonds. The van der Waals surface area contributed by atoms with E-state index in [1.807, 2.05) is 32.9 Å². The lowest BCUT2D eigenvalue weighted by Gasteiger charge is -2.24. The molecule has 1 unspecified atom stereocenters. The fraction of sp³-hybridized carbons (Fsp3) is 0.339. The van der Waals surface area contributed by atoms with Crippen LogP contribution in [0.25, 0.3) is 29.2 Å². The summed E-state index contributed by atoms with van der Waals surface area (Å²) in [6.45, 7) is 8.28. The van der Waals surface area contributed by atoms with E-state index in [1.54, 1.807) is 80.5 Å². The Morgan fingerprint density at radius 2 is 1.08 bits per heavy atom. The monoisotopic (exact) mass is 1020 g/mol. The molecule has 394 valence electrons. The zero-order valence-corrected chi connectivity index (χ0v) is 44.0. The van der Waals surface area contributed by atoms with E-state index in [9.17, 15) is 24.0 Å². The molecule has 0 bridgehead atoms. The quantitative estimate of drug-likeness (QED) is 0.0268. The predicted octanol–water partition coefficient (Wildman–Crippen LogP) is 8.15. The number of carbonyl (C=O) groups excluding carboxylic acids is 4. The van der Waals surface area contributed by atoms with Crippen molar-refractivity contribution in [3.8, 4) is 34.5 Å². The number of nitrogens with zero attached hydrogens (tertiary/aromatic N) is 2. The first-order valence-corrected chi connectivity index (χ1v) is 23.4. The van der Waals surface area contributed by atoms with Crippen molar-refractivity contribution in [3.05, 3.63) is 128 Å². The van der Waals surface area contributed by atoms with Gasteiger partial charge < -0.3 is 57.3 Å². The molecule has 18 nitrogen and oxygen atoms in total. The van der Waals surface area contributed by atoms with Crippen LogP contribution < -0.4 is 39.4 Å². The second-order valence-electron chi connectivity index (χ2n) is 17.1. The van der Waals surface area contributed by atoms with E-state index in [1.165, 1.54) is 77.4 Å². The Morgan fingerprint density at radius 3 is 1.57 bits per heavy atom. The number of hydrogen-bond donors (Lipinski definition) is 1. The molecule has 4 aromatic carbocycles. The number of likely N-dealkylation sites (N-methyl/N-ethyl adjacent to an activating group) is 2. The molecule has 18 heteroatoms. The molecule has 0 saturated heterocycles. The number of rotatable bonds is 24. The third-order valence-electron chi connectivity index (χ3n) is 12.1. The minimum atomic E-state index is -0.891. The predicted molar refractivity (Wildman–Crippen MR) is 282 cm³/mol. The Bertz CT molecular complexity index is 2900. The van der Waals surface area contributed by atoms with Crippen molar-refractivity contribution in [1.29, 1.82) is 0 Å². The van der Waals surface area contributed by atoms with Crippen LogP contribution in [0.2, 0.25) is 0 Å². The fourth-order valence-electron chi connectivity index (χ4n) is 7.78. The highest BCUT2D eigenvalue weighted by Crippen LogP contribution is 2.39. The number of hydrogen-bond acceptors (Lipinski definition) is 16. The first kappa shape index (κ1) is 56.7. The number of nitrogens with one attached hydrogen (secondary N) is 1. The van der Waals surface area contributed by atoms with Gasteiger partial charge >= 0.3 is 29.6 Å². The Balaban J connectivity index is 1.26. The van der Waals surface area contributed by atoms with E-state index in [4.69, 9.17) is 47.0 Å². The standard InChI is InChI=1S/C56H65N3O15/c1-34-25-38(26-35(2)36(34)3)13-18-51(61)72-24-22-59(6)56(64)57-41-16-17-43-37(4)44(55(63)74-45(43)31-41)32-42(73-52(62)20-15-40-29-48(67-9)54(70-12)49(30-40)68-10)33-58(5)21-23-71-50(60)19-14-39-27-46(65-7)53(69-11)47(28-39)66-8/h13-20,25-31,42H,21-24,32-33H2,1-12H3,(H,57,64)/b18-13+,19-14+,20-15+. The second kappa shape index (κ2) is 27.0. The van der Waals surface area contributed by atoms with Crippen LogP contribution in [-0.2, 0) is 35.0 Å². The zero-order chi connectivity index (χ0) is 54.1. The van der Waals surface area contributed by atoms with Crippen molar-refractivity contribution in [1.82, 2.24) is 9.80 Å². The van der Waals surface area contributed by atoms with Gasteiger partial charge in [0.15, 0.2) is 23.0 Å². The van der Waals surface area contributed by atoms with Crippen LogP contribution in [-0.4, -0.2) is 129 Å². The third-order valence-corrected chi connectivity index (χ3v) is 12.1. The van der Waals surface area contributed by atoms with Crippen LogP contribution in [0.4, 0.5) is 10.5 Å². The summed E-state index contributed by atoms with van der Waals surface area (Å²) in [5, 5.41) is 3.38. The van der Waals surface area contributed by atoms with E-state index in [0.29, 0.717) is 62.3 Å². The average molecular weight is 1020 g/mol. The van der Waals surface area contributed by atoms with E-state index in [2.05, 4.69) is 5.32 Å². The number of fused-ring (bicyclic) bond motifs is 1. The highest BCUT2D eigenvalue weighted by Gasteiger charge is 2.23. The summed E-state index contributed by atoms with van der Waals surface area (Å²) >= 11 is 0. The summed E-state index contributed by atoms with van der Waals surface area (Å²) in [5.74, 6) is 0.589. The molecule has 0 fully saturated rings. The number of anilines is 1. The number of carbonyl (C=O) groups is 4. The van der Waals surface area contributed by atoms with Gasteiger partial charge in [-0.25, -0.2) is 24.0 Å². The Hall–Kier alpha value is -8.25. The molecule has 1 aromatic heterocycles. The van der Waals surface area contributed by atoms with Crippen molar-refractivity contribution in [2.45, 2.75) is 40.2 Å². The summed E-state index contributed by atoms with van der Waals surface area (Å²) in [6, 6.07) is 15.2. The van der Waals surface area contributed by atoms with Crippen LogP contribution >= 0.6 is 0 Å². The lowest BCUT2D eigenvalue weighted by molar-refractivity contribution is -0.143. The maximum atomic E-state index is 13.8. The van der Waals surface area contributed by atoms with Crippen molar-refractivity contribution >= 4 is 58.8 Å². The maximum absolute atomic E-state index is 13.8. The normalized spacial score (nSPS) is 11.7. The zero-order valence-electron chi connectivity index (χ0n) is 44.0. The molecular formula is C56H65N3O15. The molecule has 0 spiro atoms. The van der Waals surface area contributed by atoms with Gasteiger partial charge in [-0.15, -0.1) is 0 Å². The van der Waals surface area contributed by atoms with Crippen molar-refractivity contribution < 1.29 is 66.2 Å². The van der Waals surface area contributed by atoms with E-state index in [0.717, 1.165) is 16.7 Å². The molecule has 0 radical (unpaired) electrons. The number of ether oxygens (including phenoxy) is 9. The van der Waals surface area contributed by atoms with Crippen molar-refractivity contribution in [3.63, 3.8) is 0 Å². The van der Waals surface area contributed by atoms with Crippen LogP contribution in [0.3, 0.4) is 0 Å². The van der Waals surface area contributed by atoms with Gasteiger partial charge in [-0.05, 0) is 128 Å². The Morgan fingerprint density at radius 1 is 0.608 bits per heavy atom. The molecule has 1 N–H and O–H groups in total. The van der Waals surface area contributed by atoms with Gasteiger partial charge in [0.25, 0.3) is 0 Å². The highest BCUT2D eigenvalue weighted by atomic mass is 16.6. The summed E-state index contributed by atoms with van der Waals surface area (Å²) in [4.78, 5) is 68.7. The molecule has 0 saturated carbocycles.